The fourth-order valence-corrected chi connectivity index (χ4v) is 3.62. The molecule has 1 atom stereocenters. The molecule has 1 aromatic rings. The Morgan fingerprint density at radius 1 is 1.27 bits per heavy atom. The summed E-state index contributed by atoms with van der Waals surface area (Å²) < 4.78 is 0. The molecule has 0 bridgehead atoms. The first-order valence-electron chi connectivity index (χ1n) is 7.95. The lowest BCUT2D eigenvalue weighted by molar-refractivity contribution is -0.122. The van der Waals surface area contributed by atoms with Crippen molar-refractivity contribution in [3.8, 4) is 0 Å². The number of carbonyl (C=O) groups excluding carboxylic acids is 1. The summed E-state index contributed by atoms with van der Waals surface area (Å²) in [6.07, 6.45) is 1.18. The van der Waals surface area contributed by atoms with Crippen LogP contribution in [-0.2, 0) is 4.79 Å². The van der Waals surface area contributed by atoms with Crippen molar-refractivity contribution >= 4 is 17.7 Å². The summed E-state index contributed by atoms with van der Waals surface area (Å²) in [5.41, 5.74) is 1.24. The molecular weight excluding hydrogens is 294 g/mol. The Labute approximate surface area is 138 Å². The third-order valence-corrected chi connectivity index (χ3v) is 5.03. The van der Waals surface area contributed by atoms with E-state index in [0.717, 1.165) is 18.8 Å². The number of nitrogens with one attached hydrogen (secondary N) is 1. The Hall–Kier alpha value is -1.04. The summed E-state index contributed by atoms with van der Waals surface area (Å²) in [5, 5.41) is 3.10. The second kappa shape index (κ2) is 9.18. The Morgan fingerprint density at radius 3 is 2.77 bits per heavy atom. The molecule has 0 aliphatic carbocycles. The van der Waals surface area contributed by atoms with E-state index in [1.807, 2.05) is 30.0 Å². The van der Waals surface area contributed by atoms with Crippen molar-refractivity contribution in [1.82, 2.24) is 15.1 Å². The molecule has 1 saturated heterocycles. The van der Waals surface area contributed by atoms with E-state index in [1.54, 1.807) is 0 Å². The summed E-state index contributed by atoms with van der Waals surface area (Å²) in [7, 11) is 4.10. The van der Waals surface area contributed by atoms with Crippen molar-refractivity contribution in [2.24, 2.45) is 0 Å². The van der Waals surface area contributed by atoms with Crippen molar-refractivity contribution in [2.75, 3.05) is 51.8 Å². The van der Waals surface area contributed by atoms with Crippen molar-refractivity contribution in [1.29, 1.82) is 0 Å². The monoisotopic (exact) mass is 321 g/mol. The predicted octanol–water partition coefficient (Wildman–Crippen LogP) is 1.84. The van der Waals surface area contributed by atoms with Gasteiger partial charge >= 0.3 is 0 Å². The van der Waals surface area contributed by atoms with Crippen molar-refractivity contribution in [3.05, 3.63) is 35.9 Å². The maximum atomic E-state index is 12.2. The molecule has 122 valence electrons. The van der Waals surface area contributed by atoms with E-state index in [1.165, 1.54) is 17.7 Å². The highest BCUT2D eigenvalue weighted by Crippen LogP contribution is 2.16. The first kappa shape index (κ1) is 17.3. The zero-order valence-corrected chi connectivity index (χ0v) is 14.4. The molecule has 0 saturated carbocycles. The Kier molecular flexibility index (Phi) is 7.22. The van der Waals surface area contributed by atoms with Crippen LogP contribution < -0.4 is 5.32 Å². The molecule has 1 N–H and O–H groups in total. The number of hydrogen-bond donors (Lipinski definition) is 1. The zero-order chi connectivity index (χ0) is 15.8. The molecule has 4 nitrogen and oxygen atoms in total. The van der Waals surface area contributed by atoms with Crippen molar-refractivity contribution in [2.45, 2.75) is 12.5 Å². The highest BCUT2D eigenvalue weighted by molar-refractivity contribution is 7.99. The first-order valence-corrected chi connectivity index (χ1v) is 9.10. The summed E-state index contributed by atoms with van der Waals surface area (Å²) >= 11 is 1.99. The SMILES string of the molecule is CN(C)[C@@H](CNC(=O)CN1CCCSCC1)c1ccccc1. The number of nitrogens with zero attached hydrogens (tertiary/aromatic N) is 2. The Bertz CT molecular complexity index is 444. The van der Waals surface area contributed by atoms with Crippen LogP contribution in [0.1, 0.15) is 18.0 Å². The van der Waals surface area contributed by atoms with Gasteiger partial charge in [-0.2, -0.15) is 11.8 Å². The number of hydrogen-bond acceptors (Lipinski definition) is 4. The minimum absolute atomic E-state index is 0.134. The van der Waals surface area contributed by atoms with Gasteiger partial charge in [-0.3, -0.25) is 9.69 Å². The van der Waals surface area contributed by atoms with Crippen LogP contribution in [0.5, 0.6) is 0 Å². The van der Waals surface area contributed by atoms with Crippen LogP contribution in [0.15, 0.2) is 30.3 Å². The molecule has 1 amide bonds. The average molecular weight is 321 g/mol. The molecule has 0 spiro atoms. The van der Waals surface area contributed by atoms with Crippen LogP contribution in [0.3, 0.4) is 0 Å². The second-order valence-corrected chi connectivity index (χ2v) is 7.16. The smallest absolute Gasteiger partial charge is 0.234 e. The van der Waals surface area contributed by atoms with E-state index >= 15 is 0 Å². The van der Waals surface area contributed by atoms with Crippen molar-refractivity contribution < 1.29 is 4.79 Å². The molecule has 1 fully saturated rings. The largest absolute Gasteiger partial charge is 0.353 e. The van der Waals surface area contributed by atoms with Crippen LogP contribution in [0.4, 0.5) is 0 Å². The highest BCUT2D eigenvalue weighted by atomic mass is 32.2. The molecule has 2 rings (SSSR count). The van der Waals surface area contributed by atoms with Gasteiger partial charge in [0, 0.05) is 18.8 Å². The topological polar surface area (TPSA) is 35.6 Å². The van der Waals surface area contributed by atoms with Gasteiger partial charge in [-0.15, -0.1) is 0 Å². The van der Waals surface area contributed by atoms with Crippen LogP contribution in [0.25, 0.3) is 0 Å². The molecule has 1 heterocycles. The molecule has 5 heteroatoms. The van der Waals surface area contributed by atoms with Gasteiger partial charge in [-0.25, -0.2) is 0 Å². The highest BCUT2D eigenvalue weighted by Gasteiger charge is 2.17. The molecule has 0 radical (unpaired) electrons. The maximum absolute atomic E-state index is 12.2. The number of likely N-dealkylation sites (N-methyl/N-ethyl adjacent to an activating group) is 1. The molecule has 0 unspecified atom stereocenters. The number of benzene rings is 1. The fourth-order valence-electron chi connectivity index (χ4n) is 2.70. The Balaban J connectivity index is 1.82. The van der Waals surface area contributed by atoms with Gasteiger partial charge in [0.15, 0.2) is 0 Å². The normalized spacial score (nSPS) is 18.0. The van der Waals surface area contributed by atoms with Gasteiger partial charge in [0.05, 0.1) is 12.6 Å². The predicted molar refractivity (Wildman–Crippen MR) is 94.3 cm³/mol. The summed E-state index contributed by atoms with van der Waals surface area (Å²) in [5.74, 6) is 2.49. The van der Waals surface area contributed by atoms with E-state index in [-0.39, 0.29) is 11.9 Å². The minimum atomic E-state index is 0.134. The fraction of sp³-hybridized carbons (Fsp3) is 0.588. The van der Waals surface area contributed by atoms with Gasteiger partial charge in [0.1, 0.15) is 0 Å². The molecule has 1 aliphatic rings. The van der Waals surface area contributed by atoms with E-state index in [2.05, 4.69) is 41.3 Å². The third kappa shape index (κ3) is 5.63. The second-order valence-electron chi connectivity index (χ2n) is 5.94. The van der Waals surface area contributed by atoms with E-state index in [9.17, 15) is 4.79 Å². The van der Waals surface area contributed by atoms with E-state index < -0.39 is 0 Å². The lowest BCUT2D eigenvalue weighted by Gasteiger charge is -2.26. The lowest BCUT2D eigenvalue weighted by Crippen LogP contribution is -2.41. The quantitative estimate of drug-likeness (QED) is 0.867. The number of carbonyl (C=O) groups is 1. The molecule has 1 aromatic carbocycles. The van der Waals surface area contributed by atoms with Crippen molar-refractivity contribution in [3.63, 3.8) is 0 Å². The summed E-state index contributed by atoms with van der Waals surface area (Å²) in [6, 6.07) is 10.5. The van der Waals surface area contributed by atoms with Gasteiger partial charge in [0.2, 0.25) is 5.91 Å². The summed E-state index contributed by atoms with van der Waals surface area (Å²) in [6.45, 7) is 3.23. The van der Waals surface area contributed by atoms with Crippen LogP contribution in [0, 0.1) is 0 Å². The average Bonchev–Trinajstić information content (AvgIpc) is 2.77. The Morgan fingerprint density at radius 2 is 2.05 bits per heavy atom. The van der Waals surface area contributed by atoms with Crippen LogP contribution in [0.2, 0.25) is 0 Å². The molecule has 22 heavy (non-hydrogen) atoms. The van der Waals surface area contributed by atoms with Gasteiger partial charge < -0.3 is 10.2 Å². The molecule has 1 aliphatic heterocycles. The maximum Gasteiger partial charge on any atom is 0.234 e. The molecular formula is C17H27N3OS. The van der Waals surface area contributed by atoms with Gasteiger partial charge in [-0.05, 0) is 38.4 Å². The first-order chi connectivity index (χ1) is 10.7. The lowest BCUT2D eigenvalue weighted by atomic mass is 10.1. The number of thioether (sulfide) groups is 1. The van der Waals surface area contributed by atoms with E-state index in [0.29, 0.717) is 13.1 Å². The van der Waals surface area contributed by atoms with Crippen LogP contribution in [-0.4, -0.2) is 67.5 Å². The third-order valence-electron chi connectivity index (χ3n) is 3.98. The van der Waals surface area contributed by atoms with Gasteiger partial charge in [0.25, 0.3) is 0 Å². The van der Waals surface area contributed by atoms with Crippen LogP contribution >= 0.6 is 11.8 Å². The summed E-state index contributed by atoms with van der Waals surface area (Å²) in [4.78, 5) is 16.6. The number of amides is 1. The standard InChI is InChI=1S/C17H27N3OS/c1-19(2)16(15-7-4-3-5-8-15)13-18-17(21)14-20-9-6-11-22-12-10-20/h3-5,7-8,16H,6,9-14H2,1-2H3,(H,18,21)/t16-/m0/s1. The molecule has 0 aromatic heterocycles. The zero-order valence-electron chi connectivity index (χ0n) is 13.6. The van der Waals surface area contributed by atoms with E-state index in [4.69, 9.17) is 0 Å². The number of rotatable bonds is 6. The van der Waals surface area contributed by atoms with Gasteiger partial charge in [-0.1, -0.05) is 30.3 Å². The minimum Gasteiger partial charge on any atom is -0.353 e.